The summed E-state index contributed by atoms with van der Waals surface area (Å²) in [6.07, 6.45) is 3.06. The highest BCUT2D eigenvalue weighted by Gasteiger charge is 2.41. The number of benzene rings is 2. The Hall–Kier alpha value is -2.49. The molecule has 0 aliphatic carbocycles. The second-order valence-corrected chi connectivity index (χ2v) is 8.11. The Balaban J connectivity index is 1.87. The second-order valence-electron chi connectivity index (χ2n) is 8.11. The molecular formula is C24H32N2O2. The Bertz CT molecular complexity index is 801. The van der Waals surface area contributed by atoms with Gasteiger partial charge < -0.3 is 15.0 Å². The van der Waals surface area contributed by atoms with Crippen LogP contribution in [0.2, 0.25) is 0 Å². The lowest BCUT2D eigenvalue weighted by Crippen LogP contribution is -2.56. The molecule has 0 saturated carbocycles. The van der Waals surface area contributed by atoms with E-state index in [1.54, 1.807) is 0 Å². The van der Waals surface area contributed by atoms with Crippen molar-refractivity contribution in [2.24, 2.45) is 5.92 Å². The van der Waals surface area contributed by atoms with Crippen molar-refractivity contribution < 1.29 is 9.53 Å². The molecule has 4 nitrogen and oxygen atoms in total. The van der Waals surface area contributed by atoms with Gasteiger partial charge >= 0.3 is 0 Å². The number of unbranched alkanes of at least 4 members (excludes halogenated alkanes) is 1. The zero-order valence-electron chi connectivity index (χ0n) is 17.5. The van der Waals surface area contributed by atoms with Gasteiger partial charge in [0.25, 0.3) is 5.91 Å². The van der Waals surface area contributed by atoms with E-state index in [0.29, 0.717) is 5.92 Å². The van der Waals surface area contributed by atoms with E-state index < -0.39 is 5.66 Å². The molecule has 1 atom stereocenters. The predicted molar refractivity (Wildman–Crippen MR) is 115 cm³/mol. The third kappa shape index (κ3) is 4.16. The lowest BCUT2D eigenvalue weighted by atomic mass is 9.93. The van der Waals surface area contributed by atoms with Gasteiger partial charge in [0.1, 0.15) is 11.4 Å². The fourth-order valence-corrected chi connectivity index (χ4v) is 3.61. The Labute approximate surface area is 168 Å². The van der Waals surface area contributed by atoms with Crippen LogP contribution >= 0.6 is 0 Å². The molecule has 0 radical (unpaired) electrons. The molecule has 1 aliphatic rings. The van der Waals surface area contributed by atoms with Crippen LogP contribution in [-0.4, -0.2) is 24.0 Å². The summed E-state index contributed by atoms with van der Waals surface area (Å²) >= 11 is 0. The maximum atomic E-state index is 13.2. The number of hydrogen-bond donors (Lipinski definition) is 1. The summed E-state index contributed by atoms with van der Waals surface area (Å²) in [7, 11) is 0. The molecule has 0 bridgehead atoms. The number of nitrogens with zero attached hydrogens (tertiary/aromatic N) is 1. The third-order valence-electron chi connectivity index (χ3n) is 5.44. The van der Waals surface area contributed by atoms with Crippen molar-refractivity contribution in [3.05, 3.63) is 59.7 Å². The molecule has 0 saturated heterocycles. The lowest BCUT2D eigenvalue weighted by molar-refractivity contribution is 0.0531. The number of fused-ring (bicyclic) bond motifs is 1. The van der Waals surface area contributed by atoms with Gasteiger partial charge in [-0.15, -0.1) is 0 Å². The van der Waals surface area contributed by atoms with Crippen LogP contribution in [0.4, 0.5) is 5.69 Å². The van der Waals surface area contributed by atoms with Crippen LogP contribution in [-0.2, 0) is 5.66 Å². The van der Waals surface area contributed by atoms with E-state index in [2.05, 4.69) is 45.1 Å². The van der Waals surface area contributed by atoms with Crippen LogP contribution < -0.4 is 10.1 Å². The zero-order valence-corrected chi connectivity index (χ0v) is 17.5. The molecule has 2 aromatic carbocycles. The topological polar surface area (TPSA) is 41.6 Å². The van der Waals surface area contributed by atoms with E-state index in [1.807, 2.05) is 41.3 Å². The van der Waals surface area contributed by atoms with Gasteiger partial charge in [-0.25, -0.2) is 0 Å². The molecule has 1 aliphatic heterocycles. The SMILES string of the molecule is CCCCN1C(=O)c2ccccc2NC1(C)c1ccc(OCCC(C)C)cc1. The first-order valence-corrected chi connectivity index (χ1v) is 10.4. The van der Waals surface area contributed by atoms with Crippen molar-refractivity contribution in [3.63, 3.8) is 0 Å². The number of para-hydroxylation sites is 1. The van der Waals surface area contributed by atoms with Gasteiger partial charge in [-0.05, 0) is 55.5 Å². The number of rotatable bonds is 8. The molecule has 150 valence electrons. The maximum absolute atomic E-state index is 13.2. The lowest BCUT2D eigenvalue weighted by Gasteiger charge is -2.47. The highest BCUT2D eigenvalue weighted by Crippen LogP contribution is 2.38. The van der Waals surface area contributed by atoms with E-state index in [0.717, 1.165) is 55.0 Å². The fraction of sp³-hybridized carbons (Fsp3) is 0.458. The molecule has 4 heteroatoms. The first-order chi connectivity index (χ1) is 13.5. The highest BCUT2D eigenvalue weighted by molar-refractivity contribution is 6.02. The van der Waals surface area contributed by atoms with E-state index in [-0.39, 0.29) is 5.91 Å². The summed E-state index contributed by atoms with van der Waals surface area (Å²) in [5.74, 6) is 1.58. The molecule has 0 aromatic heterocycles. The monoisotopic (exact) mass is 380 g/mol. The Morgan fingerprint density at radius 2 is 1.82 bits per heavy atom. The standard InChI is InChI=1S/C24H32N2O2/c1-5-6-16-26-23(27)21-9-7-8-10-22(21)25-24(26,4)19-11-13-20(14-12-19)28-17-15-18(2)3/h7-14,18,25H,5-6,15-17H2,1-4H3. The van der Waals surface area contributed by atoms with Crippen LogP contribution in [0.1, 0.15) is 62.9 Å². The van der Waals surface area contributed by atoms with Gasteiger partial charge in [-0.2, -0.15) is 0 Å². The van der Waals surface area contributed by atoms with Crippen LogP contribution in [0.3, 0.4) is 0 Å². The van der Waals surface area contributed by atoms with Crippen LogP contribution in [0.5, 0.6) is 5.75 Å². The largest absolute Gasteiger partial charge is 0.494 e. The third-order valence-corrected chi connectivity index (χ3v) is 5.44. The van der Waals surface area contributed by atoms with E-state index >= 15 is 0 Å². The number of hydrogen-bond acceptors (Lipinski definition) is 3. The summed E-state index contributed by atoms with van der Waals surface area (Å²) in [5, 5.41) is 3.62. The van der Waals surface area contributed by atoms with Gasteiger partial charge in [-0.1, -0.05) is 51.5 Å². The number of anilines is 1. The zero-order chi connectivity index (χ0) is 20.1. The van der Waals surface area contributed by atoms with Gasteiger partial charge in [0, 0.05) is 12.2 Å². The Morgan fingerprint density at radius 3 is 2.50 bits per heavy atom. The van der Waals surface area contributed by atoms with E-state index in [1.165, 1.54) is 0 Å². The van der Waals surface area contributed by atoms with Gasteiger partial charge in [0.2, 0.25) is 0 Å². The van der Waals surface area contributed by atoms with Crippen molar-refractivity contribution in [3.8, 4) is 5.75 Å². The molecule has 1 unspecified atom stereocenters. The summed E-state index contributed by atoms with van der Waals surface area (Å²) in [5.41, 5.74) is 2.10. The predicted octanol–water partition coefficient (Wildman–Crippen LogP) is 5.65. The van der Waals surface area contributed by atoms with Crippen molar-refractivity contribution in [1.29, 1.82) is 0 Å². The Morgan fingerprint density at radius 1 is 1.11 bits per heavy atom. The molecular weight excluding hydrogens is 348 g/mol. The second kappa shape index (κ2) is 8.68. The first-order valence-electron chi connectivity index (χ1n) is 10.4. The van der Waals surface area contributed by atoms with Crippen molar-refractivity contribution in [2.45, 2.75) is 52.6 Å². The van der Waals surface area contributed by atoms with Gasteiger partial charge in [0.15, 0.2) is 0 Å². The number of carbonyl (C=O) groups excluding carboxylic acids is 1. The van der Waals surface area contributed by atoms with Crippen LogP contribution in [0.15, 0.2) is 48.5 Å². The molecule has 3 rings (SSSR count). The molecule has 1 heterocycles. The minimum absolute atomic E-state index is 0.0857. The average molecular weight is 381 g/mol. The summed E-state index contributed by atoms with van der Waals surface area (Å²) in [4.78, 5) is 15.2. The normalized spacial score (nSPS) is 18.8. The summed E-state index contributed by atoms with van der Waals surface area (Å²) in [6.45, 7) is 10.1. The Kier molecular flexibility index (Phi) is 6.28. The molecule has 28 heavy (non-hydrogen) atoms. The van der Waals surface area contributed by atoms with E-state index in [4.69, 9.17) is 4.74 Å². The van der Waals surface area contributed by atoms with E-state index in [9.17, 15) is 4.79 Å². The van der Waals surface area contributed by atoms with Crippen molar-refractivity contribution in [1.82, 2.24) is 4.90 Å². The summed E-state index contributed by atoms with van der Waals surface area (Å²) in [6, 6.07) is 15.9. The quantitative estimate of drug-likeness (QED) is 0.643. The number of nitrogens with one attached hydrogen (secondary N) is 1. The molecule has 0 fully saturated rings. The maximum Gasteiger partial charge on any atom is 0.258 e. The highest BCUT2D eigenvalue weighted by atomic mass is 16.5. The van der Waals surface area contributed by atoms with Crippen LogP contribution in [0, 0.1) is 5.92 Å². The number of amides is 1. The number of ether oxygens (including phenoxy) is 1. The molecule has 0 spiro atoms. The first kappa shape index (κ1) is 20.2. The number of carbonyl (C=O) groups is 1. The smallest absolute Gasteiger partial charge is 0.258 e. The molecule has 2 aromatic rings. The minimum atomic E-state index is -0.586. The molecule has 1 amide bonds. The average Bonchev–Trinajstić information content (AvgIpc) is 2.68. The van der Waals surface area contributed by atoms with Crippen molar-refractivity contribution in [2.75, 3.05) is 18.5 Å². The van der Waals surface area contributed by atoms with Gasteiger partial charge in [-0.3, -0.25) is 4.79 Å². The molecule has 1 N–H and O–H groups in total. The minimum Gasteiger partial charge on any atom is -0.494 e. The van der Waals surface area contributed by atoms with Gasteiger partial charge in [0.05, 0.1) is 12.2 Å². The summed E-state index contributed by atoms with van der Waals surface area (Å²) < 4.78 is 5.86. The van der Waals surface area contributed by atoms with Crippen LogP contribution in [0.25, 0.3) is 0 Å². The fourth-order valence-electron chi connectivity index (χ4n) is 3.61. The van der Waals surface area contributed by atoms with Crippen molar-refractivity contribution >= 4 is 11.6 Å².